The Morgan fingerprint density at radius 3 is 2.83 bits per heavy atom. The molecule has 1 N–H and O–H groups in total. The van der Waals surface area contributed by atoms with Crippen molar-refractivity contribution in [3.63, 3.8) is 0 Å². The van der Waals surface area contributed by atoms with E-state index in [-0.39, 0.29) is 24.1 Å². The maximum absolute atomic E-state index is 12.3. The van der Waals surface area contributed by atoms with E-state index in [9.17, 15) is 9.59 Å². The van der Waals surface area contributed by atoms with Crippen LogP contribution in [-0.4, -0.2) is 60.1 Å². The van der Waals surface area contributed by atoms with E-state index in [1.165, 1.54) is 0 Å². The number of nitrogens with one attached hydrogen (secondary N) is 1. The number of likely N-dealkylation sites (tertiary alicyclic amines) is 1. The van der Waals surface area contributed by atoms with Gasteiger partial charge in [-0.15, -0.1) is 0 Å². The van der Waals surface area contributed by atoms with Gasteiger partial charge in [0, 0.05) is 32.6 Å². The molecule has 2 atom stereocenters. The quantitative estimate of drug-likeness (QED) is 0.912. The molecule has 2 heterocycles. The van der Waals surface area contributed by atoms with Crippen molar-refractivity contribution in [3.8, 4) is 0 Å². The van der Waals surface area contributed by atoms with Crippen molar-refractivity contribution >= 4 is 11.9 Å². The van der Waals surface area contributed by atoms with Gasteiger partial charge in [-0.1, -0.05) is 30.3 Å². The first kappa shape index (κ1) is 15.8. The van der Waals surface area contributed by atoms with Crippen molar-refractivity contribution in [3.05, 3.63) is 35.9 Å². The van der Waals surface area contributed by atoms with Crippen LogP contribution in [0.5, 0.6) is 0 Å². The minimum atomic E-state index is -0.114. The molecule has 23 heavy (non-hydrogen) atoms. The molecular weight excluding hydrogens is 294 g/mol. The summed E-state index contributed by atoms with van der Waals surface area (Å²) in [5.74, 6) is 0.0921. The van der Waals surface area contributed by atoms with E-state index in [2.05, 4.69) is 5.32 Å². The summed E-state index contributed by atoms with van der Waals surface area (Å²) in [5, 5.41) is 2.98. The fraction of sp³-hybridized carbons (Fsp3) is 0.529. The predicted octanol–water partition coefficient (Wildman–Crippen LogP) is 1.22. The van der Waals surface area contributed by atoms with Gasteiger partial charge in [-0.3, -0.25) is 4.79 Å². The average Bonchev–Trinajstić information content (AvgIpc) is 2.88. The average molecular weight is 317 g/mol. The van der Waals surface area contributed by atoms with Gasteiger partial charge in [0.2, 0.25) is 5.91 Å². The summed E-state index contributed by atoms with van der Waals surface area (Å²) < 4.78 is 5.44. The Kier molecular flexibility index (Phi) is 4.81. The molecule has 3 amide bonds. The lowest BCUT2D eigenvalue weighted by atomic mass is 10.2. The third kappa shape index (κ3) is 4.01. The van der Waals surface area contributed by atoms with Crippen LogP contribution < -0.4 is 5.32 Å². The van der Waals surface area contributed by atoms with E-state index in [0.29, 0.717) is 39.2 Å². The van der Waals surface area contributed by atoms with E-state index in [0.717, 1.165) is 5.56 Å². The van der Waals surface area contributed by atoms with Gasteiger partial charge in [0.15, 0.2) is 0 Å². The van der Waals surface area contributed by atoms with Gasteiger partial charge in [-0.2, -0.15) is 0 Å². The van der Waals surface area contributed by atoms with Crippen molar-refractivity contribution in [1.29, 1.82) is 0 Å². The lowest BCUT2D eigenvalue weighted by Crippen LogP contribution is -2.51. The first-order chi connectivity index (χ1) is 11.1. The van der Waals surface area contributed by atoms with Crippen molar-refractivity contribution in [1.82, 2.24) is 15.1 Å². The van der Waals surface area contributed by atoms with Gasteiger partial charge < -0.3 is 19.9 Å². The Labute approximate surface area is 136 Å². The Morgan fingerprint density at radius 2 is 2.09 bits per heavy atom. The number of carbonyl (C=O) groups is 2. The molecule has 2 saturated heterocycles. The van der Waals surface area contributed by atoms with Gasteiger partial charge in [-0.05, 0) is 12.5 Å². The highest BCUT2D eigenvalue weighted by Crippen LogP contribution is 2.15. The number of amides is 3. The van der Waals surface area contributed by atoms with Crippen LogP contribution in [0.4, 0.5) is 4.79 Å². The van der Waals surface area contributed by atoms with Crippen LogP contribution in [0.15, 0.2) is 30.3 Å². The van der Waals surface area contributed by atoms with Gasteiger partial charge in [-0.25, -0.2) is 4.79 Å². The Balaban J connectivity index is 1.52. The minimum absolute atomic E-state index is 0.0642. The zero-order chi connectivity index (χ0) is 16.2. The fourth-order valence-corrected chi connectivity index (χ4v) is 3.09. The maximum Gasteiger partial charge on any atom is 0.317 e. The molecule has 6 heteroatoms. The number of benzene rings is 1. The molecule has 0 spiro atoms. The van der Waals surface area contributed by atoms with E-state index in [1.54, 1.807) is 4.90 Å². The Morgan fingerprint density at radius 1 is 1.30 bits per heavy atom. The molecular formula is C17H23N3O3. The second-order valence-electron chi connectivity index (χ2n) is 6.24. The van der Waals surface area contributed by atoms with E-state index in [1.807, 2.05) is 42.2 Å². The number of hydrogen-bond donors (Lipinski definition) is 1. The molecule has 124 valence electrons. The number of rotatable bonds is 3. The number of morpholine rings is 1. The van der Waals surface area contributed by atoms with Gasteiger partial charge in [0.1, 0.15) is 0 Å². The molecule has 2 aliphatic rings. The molecule has 1 aromatic rings. The van der Waals surface area contributed by atoms with E-state index < -0.39 is 0 Å². The number of hydrogen-bond acceptors (Lipinski definition) is 3. The SMILES string of the molecule is C[C@@H]1CN(C(=O)N[C@H]2CC(=O)N(Cc3ccccc3)C2)CCO1. The highest BCUT2D eigenvalue weighted by Gasteiger charge is 2.32. The van der Waals surface area contributed by atoms with E-state index >= 15 is 0 Å². The Bertz CT molecular complexity index is 563. The van der Waals surface area contributed by atoms with Crippen LogP contribution in [0.1, 0.15) is 18.9 Å². The molecule has 2 fully saturated rings. The van der Waals surface area contributed by atoms with Crippen LogP contribution in [0.25, 0.3) is 0 Å². The lowest BCUT2D eigenvalue weighted by molar-refractivity contribution is -0.128. The first-order valence-electron chi connectivity index (χ1n) is 8.10. The molecule has 6 nitrogen and oxygen atoms in total. The zero-order valence-electron chi connectivity index (χ0n) is 13.4. The molecule has 2 aliphatic heterocycles. The molecule has 0 radical (unpaired) electrons. The number of carbonyl (C=O) groups excluding carboxylic acids is 2. The second kappa shape index (κ2) is 7.00. The van der Waals surface area contributed by atoms with Crippen molar-refractivity contribution in [2.45, 2.75) is 32.0 Å². The second-order valence-corrected chi connectivity index (χ2v) is 6.24. The lowest BCUT2D eigenvalue weighted by Gasteiger charge is -2.32. The largest absolute Gasteiger partial charge is 0.375 e. The monoisotopic (exact) mass is 317 g/mol. The summed E-state index contributed by atoms with van der Waals surface area (Å²) in [6.45, 7) is 4.89. The minimum Gasteiger partial charge on any atom is -0.375 e. The third-order valence-electron chi connectivity index (χ3n) is 4.29. The van der Waals surface area contributed by atoms with Crippen molar-refractivity contribution in [2.75, 3.05) is 26.2 Å². The van der Waals surface area contributed by atoms with E-state index in [4.69, 9.17) is 4.74 Å². The molecule has 0 unspecified atom stereocenters. The third-order valence-corrected chi connectivity index (χ3v) is 4.29. The Hall–Kier alpha value is -2.08. The maximum atomic E-state index is 12.3. The smallest absolute Gasteiger partial charge is 0.317 e. The normalized spacial score (nSPS) is 24.8. The highest BCUT2D eigenvalue weighted by atomic mass is 16.5. The first-order valence-corrected chi connectivity index (χ1v) is 8.10. The van der Waals surface area contributed by atoms with Crippen molar-refractivity contribution in [2.24, 2.45) is 0 Å². The number of nitrogens with zero attached hydrogens (tertiary/aromatic N) is 2. The van der Waals surface area contributed by atoms with Crippen LogP contribution in [0, 0.1) is 0 Å². The predicted molar refractivity (Wildman–Crippen MR) is 85.8 cm³/mol. The molecule has 0 aromatic heterocycles. The van der Waals surface area contributed by atoms with Crippen LogP contribution >= 0.6 is 0 Å². The number of urea groups is 1. The molecule has 0 bridgehead atoms. The molecule has 3 rings (SSSR count). The summed E-state index contributed by atoms with van der Waals surface area (Å²) in [7, 11) is 0. The van der Waals surface area contributed by atoms with Crippen LogP contribution in [0.3, 0.4) is 0 Å². The fourth-order valence-electron chi connectivity index (χ4n) is 3.09. The number of ether oxygens (including phenoxy) is 1. The molecule has 0 saturated carbocycles. The van der Waals surface area contributed by atoms with Gasteiger partial charge >= 0.3 is 6.03 Å². The summed E-state index contributed by atoms with van der Waals surface area (Å²) in [5.41, 5.74) is 1.11. The summed E-state index contributed by atoms with van der Waals surface area (Å²) in [4.78, 5) is 28.0. The summed E-state index contributed by atoms with van der Waals surface area (Å²) >= 11 is 0. The summed E-state index contributed by atoms with van der Waals surface area (Å²) in [6.07, 6.45) is 0.438. The topological polar surface area (TPSA) is 61.9 Å². The highest BCUT2D eigenvalue weighted by molar-refractivity contribution is 5.81. The van der Waals surface area contributed by atoms with Crippen LogP contribution in [-0.2, 0) is 16.1 Å². The van der Waals surface area contributed by atoms with Gasteiger partial charge in [0.05, 0.1) is 18.8 Å². The molecule has 0 aliphatic carbocycles. The van der Waals surface area contributed by atoms with Crippen molar-refractivity contribution < 1.29 is 14.3 Å². The molecule has 1 aromatic carbocycles. The van der Waals surface area contributed by atoms with Crippen LogP contribution in [0.2, 0.25) is 0 Å². The zero-order valence-corrected chi connectivity index (χ0v) is 13.4. The van der Waals surface area contributed by atoms with Gasteiger partial charge in [0.25, 0.3) is 0 Å². The summed E-state index contributed by atoms with van der Waals surface area (Å²) in [6, 6.07) is 9.70. The standard InChI is InChI=1S/C17H23N3O3/c1-13-10-19(7-8-23-13)17(22)18-15-9-16(21)20(12-15)11-14-5-3-2-4-6-14/h2-6,13,15H,7-12H2,1H3,(H,18,22)/t13-,15+/m1/s1.